The predicted octanol–water partition coefficient (Wildman–Crippen LogP) is 1.36. The number of carbonyl (C=O) groups excluding carboxylic acids is 2. The van der Waals surface area contributed by atoms with E-state index in [0.717, 1.165) is 12.8 Å². The first kappa shape index (κ1) is 13.6. The summed E-state index contributed by atoms with van der Waals surface area (Å²) in [6, 6.07) is 9.81. The molecule has 0 spiro atoms. The maximum Gasteiger partial charge on any atom is 0.242 e. The third-order valence-electron chi connectivity index (χ3n) is 3.52. The van der Waals surface area contributed by atoms with Gasteiger partial charge in [-0.25, -0.2) is 0 Å². The second-order valence-corrected chi connectivity index (χ2v) is 4.89. The maximum absolute atomic E-state index is 12.1. The largest absolute Gasteiger partial charge is 0.353 e. The van der Waals surface area contributed by atoms with Crippen molar-refractivity contribution in [1.29, 1.82) is 0 Å². The van der Waals surface area contributed by atoms with Crippen molar-refractivity contribution in [3.8, 4) is 0 Å². The van der Waals surface area contributed by atoms with Gasteiger partial charge < -0.3 is 10.2 Å². The Morgan fingerprint density at radius 2 is 2.11 bits per heavy atom. The normalized spacial score (nSPS) is 19.1. The Morgan fingerprint density at radius 1 is 1.37 bits per heavy atom. The lowest BCUT2D eigenvalue weighted by Crippen LogP contribution is -2.55. The molecule has 102 valence electrons. The second-order valence-electron chi connectivity index (χ2n) is 4.89. The molecule has 1 saturated heterocycles. The fraction of sp³-hybridized carbons (Fsp3) is 0.467. The van der Waals surface area contributed by atoms with Crippen molar-refractivity contribution in [3.05, 3.63) is 35.9 Å². The van der Waals surface area contributed by atoms with Gasteiger partial charge in [-0.1, -0.05) is 30.3 Å². The molecule has 19 heavy (non-hydrogen) atoms. The van der Waals surface area contributed by atoms with Crippen LogP contribution in [0, 0.1) is 0 Å². The molecule has 1 fully saturated rings. The molecule has 1 aliphatic rings. The van der Waals surface area contributed by atoms with Crippen LogP contribution in [0.2, 0.25) is 0 Å². The van der Waals surface area contributed by atoms with Crippen LogP contribution < -0.4 is 5.32 Å². The van der Waals surface area contributed by atoms with Crippen LogP contribution in [0.1, 0.15) is 25.3 Å². The molecule has 0 radical (unpaired) electrons. The number of nitrogens with zero attached hydrogens (tertiary/aromatic N) is 1. The Kier molecular flexibility index (Phi) is 4.55. The van der Waals surface area contributed by atoms with Crippen molar-refractivity contribution in [2.45, 2.75) is 32.2 Å². The number of aryl methyl sites for hydroxylation is 1. The van der Waals surface area contributed by atoms with Crippen LogP contribution in [0.5, 0.6) is 0 Å². The Balaban J connectivity index is 1.79. The molecule has 1 atom stereocenters. The van der Waals surface area contributed by atoms with Gasteiger partial charge in [-0.3, -0.25) is 9.59 Å². The summed E-state index contributed by atoms with van der Waals surface area (Å²) >= 11 is 0. The molecule has 0 aliphatic carbocycles. The van der Waals surface area contributed by atoms with Crippen molar-refractivity contribution in [2.24, 2.45) is 0 Å². The van der Waals surface area contributed by atoms with Crippen LogP contribution in [0.4, 0.5) is 0 Å². The number of nitrogens with one attached hydrogen (secondary N) is 1. The van der Waals surface area contributed by atoms with Gasteiger partial charge in [0.25, 0.3) is 0 Å². The smallest absolute Gasteiger partial charge is 0.242 e. The molecule has 1 heterocycles. The molecular weight excluding hydrogens is 240 g/mol. The first-order valence-electron chi connectivity index (χ1n) is 6.79. The van der Waals surface area contributed by atoms with Crippen molar-refractivity contribution in [2.75, 3.05) is 13.1 Å². The van der Waals surface area contributed by atoms with Gasteiger partial charge in [-0.2, -0.15) is 0 Å². The van der Waals surface area contributed by atoms with E-state index in [4.69, 9.17) is 0 Å². The topological polar surface area (TPSA) is 49.4 Å². The molecule has 0 bridgehead atoms. The number of carbonyl (C=O) groups is 2. The SMILES string of the molecule is CC1C(=O)NCCN1C(=O)CCCc1ccccc1. The number of rotatable bonds is 4. The second kappa shape index (κ2) is 6.36. The minimum absolute atomic E-state index is 0.0531. The highest BCUT2D eigenvalue weighted by molar-refractivity contribution is 5.88. The summed E-state index contributed by atoms with van der Waals surface area (Å²) in [4.78, 5) is 25.3. The van der Waals surface area contributed by atoms with Crippen LogP contribution in [0.15, 0.2) is 30.3 Å². The van der Waals surface area contributed by atoms with Crippen LogP contribution >= 0.6 is 0 Å². The summed E-state index contributed by atoms with van der Waals surface area (Å²) in [5.41, 5.74) is 1.25. The summed E-state index contributed by atoms with van der Waals surface area (Å²) < 4.78 is 0. The van der Waals surface area contributed by atoms with Crippen molar-refractivity contribution >= 4 is 11.8 Å². The Morgan fingerprint density at radius 3 is 2.84 bits per heavy atom. The summed E-state index contributed by atoms with van der Waals surface area (Å²) in [5.74, 6) is 0.0286. The van der Waals surface area contributed by atoms with E-state index in [1.807, 2.05) is 18.2 Å². The Labute approximate surface area is 113 Å². The van der Waals surface area contributed by atoms with Crippen molar-refractivity contribution in [1.82, 2.24) is 10.2 Å². The molecule has 2 rings (SSSR count). The average molecular weight is 260 g/mol. The number of hydrogen-bond acceptors (Lipinski definition) is 2. The number of piperazine rings is 1. The Hall–Kier alpha value is -1.84. The van der Waals surface area contributed by atoms with Crippen LogP contribution in [0.3, 0.4) is 0 Å². The molecular formula is C15H20N2O2. The van der Waals surface area contributed by atoms with E-state index in [1.54, 1.807) is 11.8 Å². The number of benzene rings is 1. The van der Waals surface area contributed by atoms with E-state index in [1.165, 1.54) is 5.56 Å². The summed E-state index contributed by atoms with van der Waals surface area (Å²) in [6.07, 6.45) is 2.24. The molecule has 4 heteroatoms. The summed E-state index contributed by atoms with van der Waals surface area (Å²) in [6.45, 7) is 2.97. The highest BCUT2D eigenvalue weighted by Gasteiger charge is 2.28. The van der Waals surface area contributed by atoms with E-state index in [-0.39, 0.29) is 17.9 Å². The van der Waals surface area contributed by atoms with Crippen LogP contribution in [0.25, 0.3) is 0 Å². The summed E-state index contributed by atoms with van der Waals surface area (Å²) in [5, 5.41) is 2.77. The quantitative estimate of drug-likeness (QED) is 0.888. The van der Waals surface area contributed by atoms with Gasteiger partial charge in [-0.05, 0) is 25.3 Å². The lowest BCUT2D eigenvalue weighted by Gasteiger charge is -2.32. The zero-order chi connectivity index (χ0) is 13.7. The van der Waals surface area contributed by atoms with Crippen LogP contribution in [-0.4, -0.2) is 35.8 Å². The molecule has 1 unspecified atom stereocenters. The Bertz CT molecular complexity index is 445. The fourth-order valence-electron chi connectivity index (χ4n) is 2.36. The zero-order valence-electron chi connectivity index (χ0n) is 11.3. The highest BCUT2D eigenvalue weighted by Crippen LogP contribution is 2.10. The van der Waals surface area contributed by atoms with E-state index in [0.29, 0.717) is 19.5 Å². The predicted molar refractivity (Wildman–Crippen MR) is 73.6 cm³/mol. The molecule has 1 aromatic carbocycles. The van der Waals surface area contributed by atoms with Gasteiger partial charge in [0.05, 0.1) is 0 Å². The monoisotopic (exact) mass is 260 g/mol. The minimum atomic E-state index is -0.335. The highest BCUT2D eigenvalue weighted by atomic mass is 16.2. The van der Waals surface area contributed by atoms with Crippen LogP contribution in [-0.2, 0) is 16.0 Å². The van der Waals surface area contributed by atoms with E-state index in [9.17, 15) is 9.59 Å². The van der Waals surface area contributed by atoms with Gasteiger partial charge in [-0.15, -0.1) is 0 Å². The molecule has 2 amide bonds. The maximum atomic E-state index is 12.1. The molecule has 1 N–H and O–H groups in total. The number of amides is 2. The van der Waals surface area contributed by atoms with E-state index >= 15 is 0 Å². The van der Waals surface area contributed by atoms with E-state index in [2.05, 4.69) is 17.4 Å². The first-order chi connectivity index (χ1) is 9.18. The van der Waals surface area contributed by atoms with Gasteiger partial charge in [0.15, 0.2) is 0 Å². The lowest BCUT2D eigenvalue weighted by molar-refractivity contribution is -0.142. The zero-order valence-corrected chi connectivity index (χ0v) is 11.3. The molecule has 0 aromatic heterocycles. The molecule has 4 nitrogen and oxygen atoms in total. The fourth-order valence-corrected chi connectivity index (χ4v) is 2.36. The molecule has 1 aromatic rings. The number of hydrogen-bond donors (Lipinski definition) is 1. The standard InChI is InChI=1S/C15H20N2O2/c1-12-15(19)16-10-11-17(12)14(18)9-5-8-13-6-3-2-4-7-13/h2-4,6-7,12H,5,8-11H2,1H3,(H,16,19). The average Bonchev–Trinajstić information content (AvgIpc) is 2.43. The van der Waals surface area contributed by atoms with Gasteiger partial charge >= 0.3 is 0 Å². The van der Waals surface area contributed by atoms with E-state index < -0.39 is 0 Å². The minimum Gasteiger partial charge on any atom is -0.353 e. The molecule has 1 aliphatic heterocycles. The first-order valence-corrected chi connectivity index (χ1v) is 6.79. The summed E-state index contributed by atoms with van der Waals surface area (Å²) in [7, 11) is 0. The molecule has 0 saturated carbocycles. The van der Waals surface area contributed by atoms with Gasteiger partial charge in [0.2, 0.25) is 11.8 Å². The van der Waals surface area contributed by atoms with Crippen molar-refractivity contribution < 1.29 is 9.59 Å². The van der Waals surface area contributed by atoms with Gasteiger partial charge in [0, 0.05) is 19.5 Å². The van der Waals surface area contributed by atoms with Crippen molar-refractivity contribution in [3.63, 3.8) is 0 Å². The third kappa shape index (κ3) is 3.56. The van der Waals surface area contributed by atoms with Gasteiger partial charge in [0.1, 0.15) is 6.04 Å². The third-order valence-corrected chi connectivity index (χ3v) is 3.52. The lowest BCUT2D eigenvalue weighted by atomic mass is 10.1.